The van der Waals surface area contributed by atoms with Gasteiger partial charge in [0.25, 0.3) is 5.91 Å². The van der Waals surface area contributed by atoms with Gasteiger partial charge in [0.15, 0.2) is 0 Å². The van der Waals surface area contributed by atoms with Crippen LogP contribution >= 0.6 is 0 Å². The van der Waals surface area contributed by atoms with E-state index in [1.54, 1.807) is 0 Å². The third-order valence-electron chi connectivity index (χ3n) is 5.34. The van der Waals surface area contributed by atoms with E-state index in [4.69, 9.17) is 5.10 Å². The highest BCUT2D eigenvalue weighted by atomic mass is 16.2. The topological polar surface area (TPSA) is 50.2 Å². The molecule has 132 valence electrons. The minimum Gasteiger partial charge on any atom is -0.361 e. The number of carbonyl (C=O) groups is 1. The Kier molecular flexibility index (Phi) is 4.47. The second-order valence-electron chi connectivity index (χ2n) is 7.02. The van der Waals surface area contributed by atoms with E-state index in [9.17, 15) is 4.79 Å². The third kappa shape index (κ3) is 3.03. The summed E-state index contributed by atoms with van der Waals surface area (Å²) in [6.07, 6.45) is 5.45. The van der Waals surface area contributed by atoms with Crippen LogP contribution in [0.15, 0.2) is 30.3 Å². The number of fused-ring (bicyclic) bond motifs is 1. The van der Waals surface area contributed by atoms with Crippen molar-refractivity contribution >= 4 is 11.7 Å². The summed E-state index contributed by atoms with van der Waals surface area (Å²) in [5.41, 5.74) is 2.95. The zero-order chi connectivity index (χ0) is 17.2. The number of benzene rings is 1. The van der Waals surface area contributed by atoms with E-state index in [1.165, 1.54) is 18.4 Å². The molecule has 0 unspecified atom stereocenters. The number of aromatic nitrogens is 2. The van der Waals surface area contributed by atoms with E-state index in [-0.39, 0.29) is 11.9 Å². The molecule has 4 rings (SSSR count). The minimum absolute atomic E-state index is 0.154. The summed E-state index contributed by atoms with van der Waals surface area (Å²) in [7, 11) is 0. The summed E-state index contributed by atoms with van der Waals surface area (Å²) in [4.78, 5) is 15.3. The number of nitrogens with zero attached hydrogens (tertiary/aromatic N) is 3. The van der Waals surface area contributed by atoms with Crippen molar-refractivity contribution in [1.29, 1.82) is 0 Å². The average Bonchev–Trinajstić information content (AvgIpc) is 3.07. The van der Waals surface area contributed by atoms with E-state index in [1.807, 2.05) is 15.6 Å². The van der Waals surface area contributed by atoms with Crippen LogP contribution in [0.1, 0.15) is 60.3 Å². The SMILES string of the molecule is CCc1nn2c(c1C(=O)N1CCCCCC1)N[C@H](c1ccccc1)C2. The fourth-order valence-electron chi connectivity index (χ4n) is 3.95. The summed E-state index contributed by atoms with van der Waals surface area (Å²) in [5.74, 6) is 1.06. The molecule has 3 heterocycles. The van der Waals surface area contributed by atoms with E-state index in [0.29, 0.717) is 0 Å². The van der Waals surface area contributed by atoms with E-state index in [0.717, 1.165) is 56.0 Å². The maximum absolute atomic E-state index is 13.2. The normalized spacial score (nSPS) is 20.0. The number of nitrogens with one attached hydrogen (secondary N) is 1. The summed E-state index contributed by atoms with van der Waals surface area (Å²) in [6.45, 7) is 4.59. The first kappa shape index (κ1) is 16.2. The lowest BCUT2D eigenvalue weighted by atomic mass is 10.1. The molecule has 2 aliphatic heterocycles. The smallest absolute Gasteiger partial charge is 0.259 e. The van der Waals surface area contributed by atoms with Gasteiger partial charge in [0.2, 0.25) is 0 Å². The van der Waals surface area contributed by atoms with Crippen molar-refractivity contribution < 1.29 is 4.79 Å². The Bertz CT molecular complexity index is 745. The summed E-state index contributed by atoms with van der Waals surface area (Å²) >= 11 is 0. The average molecular weight is 338 g/mol. The Morgan fingerprint density at radius 3 is 2.56 bits per heavy atom. The highest BCUT2D eigenvalue weighted by Gasteiger charge is 2.33. The minimum atomic E-state index is 0.154. The van der Waals surface area contributed by atoms with Crippen LogP contribution in [-0.4, -0.2) is 33.7 Å². The van der Waals surface area contributed by atoms with Gasteiger partial charge in [0.05, 0.1) is 18.3 Å². The van der Waals surface area contributed by atoms with Crippen LogP contribution < -0.4 is 5.32 Å². The molecule has 0 bridgehead atoms. The van der Waals surface area contributed by atoms with Crippen LogP contribution in [0, 0.1) is 0 Å². The molecule has 2 aromatic rings. The maximum atomic E-state index is 13.2. The fourth-order valence-corrected chi connectivity index (χ4v) is 3.95. The van der Waals surface area contributed by atoms with Gasteiger partial charge in [-0.15, -0.1) is 0 Å². The monoisotopic (exact) mass is 338 g/mol. The summed E-state index contributed by atoms with van der Waals surface area (Å²) in [5, 5.41) is 8.29. The van der Waals surface area contributed by atoms with Crippen LogP contribution in [0.3, 0.4) is 0 Å². The van der Waals surface area contributed by atoms with Gasteiger partial charge in [0.1, 0.15) is 11.4 Å². The molecule has 0 saturated carbocycles. The van der Waals surface area contributed by atoms with Crippen molar-refractivity contribution in [3.05, 3.63) is 47.2 Å². The van der Waals surface area contributed by atoms with Gasteiger partial charge in [-0.05, 0) is 24.8 Å². The molecule has 0 aliphatic carbocycles. The predicted octanol–water partition coefficient (Wildman–Crippen LogP) is 3.63. The van der Waals surface area contributed by atoms with Gasteiger partial charge in [-0.2, -0.15) is 5.10 Å². The Balaban J connectivity index is 1.62. The van der Waals surface area contributed by atoms with E-state index in [2.05, 4.69) is 36.5 Å². The molecular weight excluding hydrogens is 312 g/mol. The van der Waals surface area contributed by atoms with Gasteiger partial charge in [-0.1, -0.05) is 50.1 Å². The number of anilines is 1. The second kappa shape index (κ2) is 6.90. The molecule has 0 spiro atoms. The first-order valence-corrected chi connectivity index (χ1v) is 9.48. The Morgan fingerprint density at radius 1 is 1.16 bits per heavy atom. The highest BCUT2D eigenvalue weighted by Crippen LogP contribution is 2.34. The quantitative estimate of drug-likeness (QED) is 0.930. The van der Waals surface area contributed by atoms with Crippen molar-refractivity contribution in [2.24, 2.45) is 0 Å². The second-order valence-corrected chi connectivity index (χ2v) is 7.02. The lowest BCUT2D eigenvalue weighted by Crippen LogP contribution is -2.32. The number of rotatable bonds is 3. The molecule has 1 aromatic carbocycles. The molecular formula is C20H26N4O. The molecule has 1 atom stereocenters. The van der Waals surface area contributed by atoms with Crippen LogP contribution in [0.25, 0.3) is 0 Å². The first-order valence-electron chi connectivity index (χ1n) is 9.48. The molecule has 1 amide bonds. The standard InChI is InChI=1S/C20H26N4O/c1-2-16-18(20(25)23-12-8-3-4-9-13-23)19-21-17(14-24(19)22-16)15-10-6-5-7-11-15/h5-7,10-11,17,21H,2-4,8-9,12-14H2,1H3/t17-/m0/s1. The molecule has 1 saturated heterocycles. The van der Waals surface area contributed by atoms with Crippen molar-refractivity contribution in [2.75, 3.05) is 18.4 Å². The summed E-state index contributed by atoms with van der Waals surface area (Å²) in [6, 6.07) is 10.6. The van der Waals surface area contributed by atoms with E-state index >= 15 is 0 Å². The third-order valence-corrected chi connectivity index (χ3v) is 5.34. The van der Waals surface area contributed by atoms with E-state index < -0.39 is 0 Å². The predicted molar refractivity (Wildman–Crippen MR) is 98.8 cm³/mol. The molecule has 1 fully saturated rings. The van der Waals surface area contributed by atoms with Crippen LogP contribution in [-0.2, 0) is 13.0 Å². The Labute approximate surface area is 149 Å². The van der Waals surface area contributed by atoms with Gasteiger partial charge >= 0.3 is 0 Å². The van der Waals surface area contributed by atoms with Crippen molar-refractivity contribution in [3.63, 3.8) is 0 Å². The van der Waals surface area contributed by atoms with Crippen molar-refractivity contribution in [2.45, 2.75) is 51.6 Å². The molecule has 0 radical (unpaired) electrons. The fraction of sp³-hybridized carbons (Fsp3) is 0.500. The Morgan fingerprint density at radius 2 is 1.88 bits per heavy atom. The first-order chi connectivity index (χ1) is 12.3. The molecule has 2 aliphatic rings. The van der Waals surface area contributed by atoms with Crippen molar-refractivity contribution in [1.82, 2.24) is 14.7 Å². The highest BCUT2D eigenvalue weighted by molar-refractivity contribution is 6.00. The number of aryl methyl sites for hydroxylation is 1. The van der Waals surface area contributed by atoms with Crippen LogP contribution in [0.4, 0.5) is 5.82 Å². The van der Waals surface area contributed by atoms with Gasteiger partial charge in [-0.25, -0.2) is 4.68 Å². The number of hydrogen-bond acceptors (Lipinski definition) is 3. The zero-order valence-corrected chi connectivity index (χ0v) is 14.9. The lowest BCUT2D eigenvalue weighted by molar-refractivity contribution is 0.0761. The van der Waals surface area contributed by atoms with Crippen LogP contribution in [0.5, 0.6) is 0 Å². The Hall–Kier alpha value is -2.30. The molecule has 5 heteroatoms. The van der Waals surface area contributed by atoms with Gasteiger partial charge in [0, 0.05) is 13.1 Å². The van der Waals surface area contributed by atoms with Crippen LogP contribution in [0.2, 0.25) is 0 Å². The number of amides is 1. The number of hydrogen-bond donors (Lipinski definition) is 1. The maximum Gasteiger partial charge on any atom is 0.259 e. The number of carbonyl (C=O) groups excluding carboxylic acids is 1. The molecule has 5 nitrogen and oxygen atoms in total. The lowest BCUT2D eigenvalue weighted by Gasteiger charge is -2.21. The molecule has 1 aromatic heterocycles. The molecule has 1 N–H and O–H groups in total. The molecule has 25 heavy (non-hydrogen) atoms. The zero-order valence-electron chi connectivity index (χ0n) is 14.9. The van der Waals surface area contributed by atoms with Crippen molar-refractivity contribution in [3.8, 4) is 0 Å². The van der Waals surface area contributed by atoms with Gasteiger partial charge in [-0.3, -0.25) is 4.79 Å². The summed E-state index contributed by atoms with van der Waals surface area (Å²) < 4.78 is 1.99. The van der Waals surface area contributed by atoms with Gasteiger partial charge < -0.3 is 10.2 Å². The number of likely N-dealkylation sites (tertiary alicyclic amines) is 1. The largest absolute Gasteiger partial charge is 0.361 e.